The molecule has 0 amide bonds. The summed E-state index contributed by atoms with van der Waals surface area (Å²) < 4.78 is 10.4. The third kappa shape index (κ3) is 3.37. The van der Waals surface area contributed by atoms with Crippen LogP contribution in [0.15, 0.2) is 18.2 Å². The van der Waals surface area contributed by atoms with Crippen LogP contribution in [-0.2, 0) is 4.74 Å². The van der Waals surface area contributed by atoms with Gasteiger partial charge in [0.15, 0.2) is 0 Å². The number of nitrogens with two attached hydrogens (primary N) is 1. The first-order chi connectivity index (χ1) is 7.89. The second-order valence-corrected chi connectivity index (χ2v) is 4.46. The van der Waals surface area contributed by atoms with Crippen LogP contribution in [0, 0.1) is 0 Å². The summed E-state index contributed by atoms with van der Waals surface area (Å²) in [6.07, 6.45) is 0.842. The van der Waals surface area contributed by atoms with Gasteiger partial charge in [-0.3, -0.25) is 0 Å². The lowest BCUT2D eigenvalue weighted by Crippen LogP contribution is -2.27. The van der Waals surface area contributed by atoms with Gasteiger partial charge in [-0.05, 0) is 38.5 Å². The number of rotatable bonds is 4. The number of hydrogen-bond donors (Lipinski definition) is 1. The summed E-state index contributed by atoms with van der Waals surface area (Å²) >= 11 is 0. The van der Waals surface area contributed by atoms with Gasteiger partial charge in [0.2, 0.25) is 0 Å². The highest BCUT2D eigenvalue weighted by atomic mass is 16.5. The van der Waals surface area contributed by atoms with Crippen LogP contribution in [0.2, 0.25) is 0 Å². The molecule has 4 nitrogen and oxygen atoms in total. The Labute approximate surface area is 102 Å². The highest BCUT2D eigenvalue weighted by Gasteiger charge is 2.19. The molecule has 17 heavy (non-hydrogen) atoms. The van der Waals surface area contributed by atoms with E-state index in [0.717, 1.165) is 6.42 Å². The smallest absolute Gasteiger partial charge is 0.337 e. The molecule has 0 spiro atoms. The first-order valence-corrected chi connectivity index (χ1v) is 5.56. The maximum Gasteiger partial charge on any atom is 0.337 e. The Bertz CT molecular complexity index is 413. The average molecular weight is 237 g/mol. The fourth-order valence-corrected chi connectivity index (χ4v) is 1.24. The van der Waals surface area contributed by atoms with Gasteiger partial charge in [-0.15, -0.1) is 0 Å². The molecule has 0 radical (unpaired) electrons. The molecular weight excluding hydrogens is 218 g/mol. The summed E-state index contributed by atoms with van der Waals surface area (Å²) in [5.41, 5.74) is 6.45. The van der Waals surface area contributed by atoms with Crippen LogP contribution in [0.3, 0.4) is 0 Å². The minimum atomic E-state index is -0.399. The Morgan fingerprint density at radius 3 is 2.59 bits per heavy atom. The van der Waals surface area contributed by atoms with Crippen molar-refractivity contribution >= 4 is 11.7 Å². The van der Waals surface area contributed by atoms with Crippen LogP contribution in [0.5, 0.6) is 5.75 Å². The third-order valence-corrected chi connectivity index (χ3v) is 2.67. The maximum absolute atomic E-state index is 11.4. The first kappa shape index (κ1) is 13.4. The molecule has 0 aliphatic rings. The van der Waals surface area contributed by atoms with E-state index in [1.807, 2.05) is 20.8 Å². The average Bonchev–Trinajstić information content (AvgIpc) is 2.30. The van der Waals surface area contributed by atoms with Crippen molar-refractivity contribution in [1.82, 2.24) is 0 Å². The summed E-state index contributed by atoms with van der Waals surface area (Å²) in [6.45, 7) is 5.97. The number of nitrogen functional groups attached to an aromatic ring is 1. The van der Waals surface area contributed by atoms with Crippen LogP contribution in [0.4, 0.5) is 5.69 Å². The summed E-state index contributed by atoms with van der Waals surface area (Å²) in [5, 5.41) is 0. The molecule has 0 atom stereocenters. The zero-order chi connectivity index (χ0) is 13.1. The van der Waals surface area contributed by atoms with Crippen molar-refractivity contribution in [2.45, 2.75) is 32.8 Å². The van der Waals surface area contributed by atoms with Crippen molar-refractivity contribution in [2.24, 2.45) is 0 Å². The van der Waals surface area contributed by atoms with Crippen molar-refractivity contribution in [2.75, 3.05) is 12.8 Å². The van der Waals surface area contributed by atoms with Crippen LogP contribution in [0.25, 0.3) is 0 Å². The predicted octanol–water partition coefficient (Wildman–Crippen LogP) is 2.62. The van der Waals surface area contributed by atoms with E-state index in [9.17, 15) is 4.79 Å². The molecule has 0 saturated heterocycles. The predicted molar refractivity (Wildman–Crippen MR) is 67.2 cm³/mol. The third-order valence-electron chi connectivity index (χ3n) is 2.67. The lowest BCUT2D eigenvalue weighted by molar-refractivity contribution is 0.0598. The normalized spacial score (nSPS) is 11.1. The molecule has 94 valence electrons. The van der Waals surface area contributed by atoms with E-state index in [2.05, 4.69) is 4.74 Å². The summed E-state index contributed by atoms with van der Waals surface area (Å²) in [6, 6.07) is 4.87. The number of anilines is 1. The Balaban J connectivity index is 3.03. The number of ether oxygens (including phenoxy) is 2. The quantitative estimate of drug-likeness (QED) is 0.646. The molecule has 0 unspecified atom stereocenters. The molecule has 4 heteroatoms. The SMILES string of the molecule is CCC(C)(C)Oc1cc(C(=O)OC)ccc1N. The van der Waals surface area contributed by atoms with E-state index in [1.165, 1.54) is 7.11 Å². The van der Waals surface area contributed by atoms with E-state index < -0.39 is 5.97 Å². The van der Waals surface area contributed by atoms with Crippen molar-refractivity contribution in [3.8, 4) is 5.75 Å². The Hall–Kier alpha value is -1.71. The minimum Gasteiger partial charge on any atom is -0.486 e. The van der Waals surface area contributed by atoms with Crippen molar-refractivity contribution < 1.29 is 14.3 Å². The molecule has 1 aromatic carbocycles. The highest BCUT2D eigenvalue weighted by molar-refractivity contribution is 5.90. The van der Waals surface area contributed by atoms with Gasteiger partial charge in [0.1, 0.15) is 11.4 Å². The number of carbonyl (C=O) groups is 1. The van der Waals surface area contributed by atoms with Crippen LogP contribution in [-0.4, -0.2) is 18.7 Å². The monoisotopic (exact) mass is 237 g/mol. The first-order valence-electron chi connectivity index (χ1n) is 5.56. The Morgan fingerprint density at radius 2 is 2.06 bits per heavy atom. The van der Waals surface area contributed by atoms with Crippen LogP contribution in [0.1, 0.15) is 37.6 Å². The lowest BCUT2D eigenvalue weighted by atomic mass is 10.1. The topological polar surface area (TPSA) is 61.5 Å². The fraction of sp³-hybridized carbons (Fsp3) is 0.462. The molecule has 0 bridgehead atoms. The summed E-state index contributed by atoms with van der Waals surface area (Å²) in [4.78, 5) is 11.4. The van der Waals surface area contributed by atoms with Gasteiger partial charge >= 0.3 is 5.97 Å². The number of carbonyl (C=O) groups excluding carboxylic acids is 1. The molecule has 1 rings (SSSR count). The fourth-order valence-electron chi connectivity index (χ4n) is 1.24. The van der Waals surface area contributed by atoms with Gasteiger partial charge in [-0.1, -0.05) is 6.92 Å². The van der Waals surface area contributed by atoms with Crippen molar-refractivity contribution in [1.29, 1.82) is 0 Å². The van der Waals surface area contributed by atoms with Gasteiger partial charge in [0.05, 0.1) is 18.4 Å². The minimum absolute atomic E-state index is 0.317. The second kappa shape index (κ2) is 5.08. The summed E-state index contributed by atoms with van der Waals surface area (Å²) in [5.74, 6) is 0.115. The van der Waals surface area contributed by atoms with Crippen LogP contribution < -0.4 is 10.5 Å². The molecule has 0 fully saturated rings. The van der Waals surface area contributed by atoms with E-state index in [0.29, 0.717) is 17.0 Å². The van der Waals surface area contributed by atoms with E-state index in [4.69, 9.17) is 10.5 Å². The number of methoxy groups -OCH3 is 1. The second-order valence-electron chi connectivity index (χ2n) is 4.46. The number of benzene rings is 1. The van der Waals surface area contributed by atoms with Gasteiger partial charge in [-0.2, -0.15) is 0 Å². The molecule has 1 aromatic rings. The van der Waals surface area contributed by atoms with Crippen molar-refractivity contribution in [3.05, 3.63) is 23.8 Å². The van der Waals surface area contributed by atoms with Gasteiger partial charge in [-0.25, -0.2) is 4.79 Å². The van der Waals surface area contributed by atoms with E-state index in [1.54, 1.807) is 18.2 Å². The maximum atomic E-state index is 11.4. The summed E-state index contributed by atoms with van der Waals surface area (Å²) in [7, 11) is 1.34. The van der Waals surface area contributed by atoms with Gasteiger partial charge in [0, 0.05) is 0 Å². The van der Waals surface area contributed by atoms with E-state index >= 15 is 0 Å². The van der Waals surface area contributed by atoms with Gasteiger partial charge < -0.3 is 15.2 Å². The molecular formula is C13H19NO3. The molecule has 0 aliphatic heterocycles. The molecule has 0 aliphatic carbocycles. The Morgan fingerprint density at radius 1 is 1.41 bits per heavy atom. The van der Waals surface area contributed by atoms with Crippen LogP contribution >= 0.6 is 0 Å². The zero-order valence-corrected chi connectivity index (χ0v) is 10.7. The molecule has 0 saturated carbocycles. The highest BCUT2D eigenvalue weighted by Crippen LogP contribution is 2.28. The van der Waals surface area contributed by atoms with E-state index in [-0.39, 0.29) is 5.60 Å². The zero-order valence-electron chi connectivity index (χ0n) is 10.7. The number of esters is 1. The molecule has 2 N–H and O–H groups in total. The Kier molecular flexibility index (Phi) is 3.99. The largest absolute Gasteiger partial charge is 0.486 e. The van der Waals surface area contributed by atoms with Crippen molar-refractivity contribution in [3.63, 3.8) is 0 Å². The molecule has 0 aromatic heterocycles. The van der Waals surface area contributed by atoms with Gasteiger partial charge in [0.25, 0.3) is 0 Å². The lowest BCUT2D eigenvalue weighted by Gasteiger charge is -2.25. The number of hydrogen-bond acceptors (Lipinski definition) is 4. The standard InChI is InChI=1S/C13H19NO3/c1-5-13(2,3)17-11-8-9(12(15)16-4)6-7-10(11)14/h6-8H,5,14H2,1-4H3. The molecule has 0 heterocycles.